The molecule has 0 saturated heterocycles. The molecule has 2 N–H and O–H groups in total. The summed E-state index contributed by atoms with van der Waals surface area (Å²) in [5, 5.41) is 0.763. The Bertz CT molecular complexity index is 535. The van der Waals surface area contributed by atoms with E-state index in [0.29, 0.717) is 0 Å². The van der Waals surface area contributed by atoms with Crippen molar-refractivity contribution < 1.29 is 0 Å². The van der Waals surface area contributed by atoms with Crippen LogP contribution in [0.15, 0.2) is 46.2 Å². The molecule has 0 bridgehead atoms. The van der Waals surface area contributed by atoms with Gasteiger partial charge >= 0.3 is 0 Å². The molecule has 2 rings (SSSR count). The maximum atomic E-state index is 5.88. The number of anilines is 1. The Balaban J connectivity index is 2.30. The van der Waals surface area contributed by atoms with Crippen LogP contribution in [0.1, 0.15) is 11.1 Å². The van der Waals surface area contributed by atoms with Crippen LogP contribution < -0.4 is 5.73 Å². The van der Waals surface area contributed by atoms with E-state index in [1.807, 2.05) is 37.3 Å². The van der Waals surface area contributed by atoms with Crippen LogP contribution in [0.4, 0.5) is 5.69 Å². The molecule has 88 valence electrons. The predicted molar refractivity (Wildman–Crippen MR) is 75.9 cm³/mol. The van der Waals surface area contributed by atoms with Gasteiger partial charge in [0.2, 0.25) is 0 Å². The molecule has 0 aliphatic rings. The second-order valence-electron chi connectivity index (χ2n) is 4.03. The summed E-state index contributed by atoms with van der Waals surface area (Å²) in [6.07, 6.45) is 0. The average Bonchev–Trinajstić information content (AvgIpc) is 2.29. The van der Waals surface area contributed by atoms with Crippen molar-refractivity contribution >= 4 is 29.1 Å². The molecule has 0 aromatic heterocycles. The summed E-state index contributed by atoms with van der Waals surface area (Å²) in [6.45, 7) is 4.11. The van der Waals surface area contributed by atoms with Gasteiger partial charge in [0.15, 0.2) is 0 Å². The lowest BCUT2D eigenvalue weighted by molar-refractivity contribution is 1.26. The van der Waals surface area contributed by atoms with E-state index in [2.05, 4.69) is 13.0 Å². The molecule has 0 spiro atoms. The third kappa shape index (κ3) is 2.96. The monoisotopic (exact) mass is 263 g/mol. The van der Waals surface area contributed by atoms with Gasteiger partial charge in [-0.15, -0.1) is 0 Å². The summed E-state index contributed by atoms with van der Waals surface area (Å²) in [7, 11) is 0. The number of benzene rings is 2. The van der Waals surface area contributed by atoms with Crippen molar-refractivity contribution in [3.05, 3.63) is 52.5 Å². The van der Waals surface area contributed by atoms with E-state index in [4.69, 9.17) is 17.3 Å². The summed E-state index contributed by atoms with van der Waals surface area (Å²) in [4.78, 5) is 2.42. The lowest BCUT2D eigenvalue weighted by atomic mass is 10.1. The molecular formula is C14H14ClNS. The zero-order chi connectivity index (χ0) is 12.4. The second-order valence-corrected chi connectivity index (χ2v) is 5.58. The molecule has 0 unspecified atom stereocenters. The Morgan fingerprint density at radius 2 is 1.65 bits per heavy atom. The highest BCUT2D eigenvalue weighted by Crippen LogP contribution is 2.33. The van der Waals surface area contributed by atoms with E-state index in [0.717, 1.165) is 16.3 Å². The highest BCUT2D eigenvalue weighted by atomic mass is 35.5. The predicted octanol–water partition coefficient (Wildman–Crippen LogP) is 4.69. The number of hydrogen-bond donors (Lipinski definition) is 1. The van der Waals surface area contributed by atoms with Crippen LogP contribution in [0.5, 0.6) is 0 Å². The summed E-state index contributed by atoms with van der Waals surface area (Å²) < 4.78 is 0. The summed E-state index contributed by atoms with van der Waals surface area (Å²) >= 11 is 7.60. The molecule has 0 saturated carbocycles. The Kier molecular flexibility index (Phi) is 3.65. The van der Waals surface area contributed by atoms with Crippen molar-refractivity contribution in [2.75, 3.05) is 5.73 Å². The van der Waals surface area contributed by atoms with Crippen LogP contribution in [0.3, 0.4) is 0 Å². The van der Waals surface area contributed by atoms with Crippen LogP contribution in [-0.4, -0.2) is 0 Å². The number of nitrogens with two attached hydrogens (primary N) is 1. The minimum atomic E-state index is 0.763. The molecule has 0 fully saturated rings. The smallest absolute Gasteiger partial charge is 0.0406 e. The average molecular weight is 264 g/mol. The number of halogens is 1. The molecule has 0 aliphatic heterocycles. The summed E-state index contributed by atoms with van der Waals surface area (Å²) in [5.74, 6) is 0. The van der Waals surface area contributed by atoms with E-state index in [1.54, 1.807) is 11.8 Å². The number of rotatable bonds is 2. The van der Waals surface area contributed by atoms with Gasteiger partial charge in [-0.2, -0.15) is 0 Å². The van der Waals surface area contributed by atoms with E-state index in [9.17, 15) is 0 Å². The Morgan fingerprint density at radius 1 is 1.00 bits per heavy atom. The highest BCUT2D eigenvalue weighted by Gasteiger charge is 2.04. The number of nitrogen functional groups attached to an aromatic ring is 1. The number of aryl methyl sites for hydroxylation is 2. The fraction of sp³-hybridized carbons (Fsp3) is 0.143. The van der Waals surface area contributed by atoms with Crippen molar-refractivity contribution in [2.45, 2.75) is 23.6 Å². The minimum absolute atomic E-state index is 0.763. The van der Waals surface area contributed by atoms with Crippen LogP contribution >= 0.6 is 23.4 Å². The van der Waals surface area contributed by atoms with E-state index in [-0.39, 0.29) is 0 Å². The Hall–Kier alpha value is -1.12. The fourth-order valence-corrected chi connectivity index (χ4v) is 2.66. The molecule has 0 amide bonds. The lowest BCUT2D eigenvalue weighted by Crippen LogP contribution is -1.91. The van der Waals surface area contributed by atoms with Gasteiger partial charge in [0.1, 0.15) is 0 Å². The van der Waals surface area contributed by atoms with Crippen LogP contribution in [0.2, 0.25) is 5.02 Å². The minimum Gasteiger partial charge on any atom is -0.399 e. The van der Waals surface area contributed by atoms with Crippen molar-refractivity contribution in [3.8, 4) is 0 Å². The molecule has 1 nitrogen and oxygen atoms in total. The van der Waals surface area contributed by atoms with Crippen molar-refractivity contribution in [2.24, 2.45) is 0 Å². The van der Waals surface area contributed by atoms with Crippen molar-refractivity contribution in [1.29, 1.82) is 0 Å². The maximum Gasteiger partial charge on any atom is 0.0406 e. The molecule has 0 radical (unpaired) electrons. The summed E-state index contributed by atoms with van der Waals surface area (Å²) in [6, 6.07) is 12.0. The van der Waals surface area contributed by atoms with Gasteiger partial charge in [0, 0.05) is 20.5 Å². The van der Waals surface area contributed by atoms with Crippen LogP contribution in [-0.2, 0) is 0 Å². The third-order valence-corrected chi connectivity index (χ3v) is 4.02. The van der Waals surface area contributed by atoms with Crippen molar-refractivity contribution in [3.63, 3.8) is 0 Å². The largest absolute Gasteiger partial charge is 0.399 e. The Labute approximate surface area is 111 Å². The van der Waals surface area contributed by atoms with Gasteiger partial charge in [0.25, 0.3) is 0 Å². The molecule has 0 aliphatic carbocycles. The first-order valence-corrected chi connectivity index (χ1v) is 6.56. The van der Waals surface area contributed by atoms with Gasteiger partial charge in [0.05, 0.1) is 0 Å². The van der Waals surface area contributed by atoms with Gasteiger partial charge in [-0.1, -0.05) is 23.4 Å². The van der Waals surface area contributed by atoms with Gasteiger partial charge in [-0.3, -0.25) is 0 Å². The zero-order valence-electron chi connectivity index (χ0n) is 9.83. The first-order valence-electron chi connectivity index (χ1n) is 5.36. The normalized spacial score (nSPS) is 10.5. The van der Waals surface area contributed by atoms with E-state index >= 15 is 0 Å². The molecule has 17 heavy (non-hydrogen) atoms. The van der Waals surface area contributed by atoms with Crippen molar-refractivity contribution in [1.82, 2.24) is 0 Å². The quantitative estimate of drug-likeness (QED) is 0.796. The molecule has 0 heterocycles. The summed E-state index contributed by atoms with van der Waals surface area (Å²) in [5.41, 5.74) is 9.05. The molecule has 2 aromatic carbocycles. The van der Waals surface area contributed by atoms with Crippen LogP contribution in [0.25, 0.3) is 0 Å². The standard InChI is InChI=1S/C14H14ClNS/c1-9-8-14(10(2)7-13(9)16)17-12-5-3-11(15)4-6-12/h3-8H,16H2,1-2H3. The topological polar surface area (TPSA) is 26.0 Å². The maximum absolute atomic E-state index is 5.88. The zero-order valence-corrected chi connectivity index (χ0v) is 11.4. The molecular weight excluding hydrogens is 250 g/mol. The number of hydrogen-bond acceptors (Lipinski definition) is 2. The van der Waals surface area contributed by atoms with Gasteiger partial charge in [-0.05, 0) is 61.4 Å². The first-order chi connectivity index (χ1) is 8.06. The van der Waals surface area contributed by atoms with E-state index < -0.39 is 0 Å². The molecule has 2 aromatic rings. The van der Waals surface area contributed by atoms with Gasteiger partial charge < -0.3 is 5.73 Å². The highest BCUT2D eigenvalue weighted by molar-refractivity contribution is 7.99. The molecule has 0 atom stereocenters. The second kappa shape index (κ2) is 5.03. The van der Waals surface area contributed by atoms with Crippen LogP contribution in [0, 0.1) is 13.8 Å². The fourth-order valence-electron chi connectivity index (χ4n) is 1.55. The molecule has 3 heteroatoms. The van der Waals surface area contributed by atoms with E-state index in [1.165, 1.54) is 15.4 Å². The SMILES string of the molecule is Cc1cc(Sc2ccc(Cl)cc2)c(C)cc1N. The lowest BCUT2D eigenvalue weighted by Gasteiger charge is -2.09. The first kappa shape index (κ1) is 12.3. The third-order valence-electron chi connectivity index (χ3n) is 2.61. The Morgan fingerprint density at radius 3 is 2.29 bits per heavy atom. The van der Waals surface area contributed by atoms with Gasteiger partial charge in [-0.25, -0.2) is 0 Å².